The summed E-state index contributed by atoms with van der Waals surface area (Å²) < 4.78 is 0. The van der Waals surface area contributed by atoms with Gasteiger partial charge in [0.1, 0.15) is 0 Å². The summed E-state index contributed by atoms with van der Waals surface area (Å²) in [5, 5.41) is 0.882. The summed E-state index contributed by atoms with van der Waals surface area (Å²) in [4.78, 5) is 0. The zero-order valence-corrected chi connectivity index (χ0v) is 6.80. The van der Waals surface area contributed by atoms with E-state index in [-0.39, 0.29) is 10.0 Å². The fourth-order valence-corrected chi connectivity index (χ4v) is 0. The molecule has 0 aromatic rings. The number of rotatable bonds is 1. The minimum atomic E-state index is -0.241. The van der Waals surface area contributed by atoms with Crippen molar-refractivity contribution in [1.82, 2.24) is 0 Å². The van der Waals surface area contributed by atoms with Crippen molar-refractivity contribution < 1.29 is 0 Å². The standard InChI is InChI=1S/C6H16S/c1-6(2)7(3,4)5/h6H,1-5H3. The van der Waals surface area contributed by atoms with Crippen molar-refractivity contribution in [3.8, 4) is 0 Å². The van der Waals surface area contributed by atoms with Crippen LogP contribution >= 0.6 is 10.0 Å². The Bertz CT molecular complexity index is 49.7. The molecule has 0 unspecified atom stereocenters. The summed E-state index contributed by atoms with van der Waals surface area (Å²) in [5.41, 5.74) is 0. The number of hydrogen-bond acceptors (Lipinski definition) is 0. The van der Waals surface area contributed by atoms with Gasteiger partial charge in [-0.15, -0.1) is 0 Å². The van der Waals surface area contributed by atoms with Crippen LogP contribution in [0.15, 0.2) is 0 Å². The Kier molecular flexibility index (Phi) is 2.18. The highest BCUT2D eigenvalue weighted by molar-refractivity contribution is 8.32. The molecule has 0 nitrogen and oxygen atoms in total. The molecule has 0 aliphatic rings. The molecule has 0 rings (SSSR count). The highest BCUT2D eigenvalue weighted by Gasteiger charge is 2.07. The van der Waals surface area contributed by atoms with E-state index in [1.807, 2.05) is 0 Å². The monoisotopic (exact) mass is 120 g/mol. The van der Waals surface area contributed by atoms with E-state index in [1.54, 1.807) is 0 Å². The van der Waals surface area contributed by atoms with E-state index in [2.05, 4.69) is 32.6 Å². The smallest absolute Gasteiger partial charge is 0.0176 e. The molecule has 0 aliphatic carbocycles. The molecule has 0 saturated heterocycles. The van der Waals surface area contributed by atoms with Gasteiger partial charge in [0, 0.05) is 0 Å². The lowest BCUT2D eigenvalue weighted by Crippen LogP contribution is -2.05. The third kappa shape index (κ3) is 2.98. The quantitative estimate of drug-likeness (QED) is 0.497. The second-order valence-electron chi connectivity index (χ2n) is 2.98. The van der Waals surface area contributed by atoms with E-state index >= 15 is 0 Å². The van der Waals surface area contributed by atoms with Crippen LogP contribution in [0.2, 0.25) is 0 Å². The third-order valence-corrected chi connectivity index (χ3v) is 4.24. The van der Waals surface area contributed by atoms with Crippen molar-refractivity contribution in [1.29, 1.82) is 0 Å². The maximum Gasteiger partial charge on any atom is -0.0176 e. The third-order valence-electron chi connectivity index (χ3n) is 1.41. The van der Waals surface area contributed by atoms with Gasteiger partial charge in [-0.1, -0.05) is 13.8 Å². The average molecular weight is 120 g/mol. The lowest BCUT2D eigenvalue weighted by Gasteiger charge is -2.29. The van der Waals surface area contributed by atoms with Crippen LogP contribution in [0.5, 0.6) is 0 Å². The second-order valence-corrected chi connectivity index (χ2v) is 7.79. The van der Waals surface area contributed by atoms with Crippen LogP contribution in [-0.4, -0.2) is 24.0 Å². The van der Waals surface area contributed by atoms with Gasteiger partial charge in [-0.3, -0.25) is 0 Å². The molecule has 7 heavy (non-hydrogen) atoms. The number of hydrogen-bond donors (Lipinski definition) is 0. The fourth-order valence-electron chi connectivity index (χ4n) is 0. The molecule has 0 radical (unpaired) electrons. The summed E-state index contributed by atoms with van der Waals surface area (Å²) >= 11 is 0. The summed E-state index contributed by atoms with van der Waals surface area (Å²) in [7, 11) is -0.241. The van der Waals surface area contributed by atoms with Crippen LogP contribution in [0.1, 0.15) is 13.8 Å². The average Bonchev–Trinajstić information content (AvgIpc) is 1.31. The minimum absolute atomic E-state index is 0.241. The molecule has 0 aromatic carbocycles. The molecule has 0 bridgehead atoms. The molecule has 0 aromatic heterocycles. The highest BCUT2D eigenvalue weighted by Crippen LogP contribution is 2.39. The molecule has 0 fully saturated rings. The van der Waals surface area contributed by atoms with Gasteiger partial charge in [0.15, 0.2) is 0 Å². The first-order valence-corrected chi connectivity index (χ1v) is 5.54. The van der Waals surface area contributed by atoms with Crippen LogP contribution in [-0.2, 0) is 0 Å². The van der Waals surface area contributed by atoms with Crippen molar-refractivity contribution in [2.75, 3.05) is 18.8 Å². The summed E-state index contributed by atoms with van der Waals surface area (Å²) in [6.45, 7) is 4.57. The summed E-state index contributed by atoms with van der Waals surface area (Å²) in [5.74, 6) is 0. The minimum Gasteiger partial charge on any atom is -0.247 e. The molecule has 0 saturated carbocycles. The van der Waals surface area contributed by atoms with E-state index in [0.29, 0.717) is 0 Å². The van der Waals surface area contributed by atoms with Gasteiger partial charge in [-0.05, 0) is 24.0 Å². The lowest BCUT2D eigenvalue weighted by molar-refractivity contribution is 1.10. The van der Waals surface area contributed by atoms with Crippen molar-refractivity contribution in [3.05, 3.63) is 0 Å². The molecule has 0 amide bonds. The molecule has 1 heteroatoms. The summed E-state index contributed by atoms with van der Waals surface area (Å²) in [6.07, 6.45) is 7.03. The van der Waals surface area contributed by atoms with Gasteiger partial charge >= 0.3 is 0 Å². The van der Waals surface area contributed by atoms with Gasteiger partial charge in [-0.25, -0.2) is 10.0 Å². The van der Waals surface area contributed by atoms with E-state index in [9.17, 15) is 0 Å². The molecule has 0 N–H and O–H groups in total. The second kappa shape index (κ2) is 2.08. The predicted molar refractivity (Wildman–Crippen MR) is 40.5 cm³/mol. The van der Waals surface area contributed by atoms with Crippen LogP contribution in [0.4, 0.5) is 0 Å². The Labute approximate surface area is 48.6 Å². The summed E-state index contributed by atoms with van der Waals surface area (Å²) in [6, 6.07) is 0. The molecule has 0 atom stereocenters. The van der Waals surface area contributed by atoms with Gasteiger partial charge in [0.25, 0.3) is 0 Å². The molecular weight excluding hydrogens is 104 g/mol. The van der Waals surface area contributed by atoms with Crippen LogP contribution in [0.25, 0.3) is 0 Å². The Balaban J connectivity index is 3.54. The SMILES string of the molecule is CC(C)S(C)(C)C. The fraction of sp³-hybridized carbons (Fsp3) is 1.00. The van der Waals surface area contributed by atoms with Gasteiger partial charge in [0.05, 0.1) is 0 Å². The molecule has 0 spiro atoms. The van der Waals surface area contributed by atoms with E-state index in [1.165, 1.54) is 0 Å². The van der Waals surface area contributed by atoms with E-state index in [0.717, 1.165) is 5.25 Å². The van der Waals surface area contributed by atoms with Gasteiger partial charge in [-0.2, -0.15) is 0 Å². The first-order valence-electron chi connectivity index (χ1n) is 2.62. The van der Waals surface area contributed by atoms with E-state index < -0.39 is 0 Å². The van der Waals surface area contributed by atoms with Crippen molar-refractivity contribution in [2.45, 2.75) is 19.1 Å². The maximum absolute atomic E-state index is 2.34. The zero-order chi connectivity index (χ0) is 6.08. The highest BCUT2D eigenvalue weighted by atomic mass is 32.3. The molecular formula is C6H16S. The first kappa shape index (κ1) is 7.35. The lowest BCUT2D eigenvalue weighted by atomic mass is 10.6. The van der Waals surface area contributed by atoms with Crippen LogP contribution in [0, 0.1) is 0 Å². The Hall–Kier alpha value is 0.350. The molecule has 0 heterocycles. The van der Waals surface area contributed by atoms with Crippen LogP contribution < -0.4 is 0 Å². The van der Waals surface area contributed by atoms with E-state index in [4.69, 9.17) is 0 Å². The van der Waals surface area contributed by atoms with Gasteiger partial charge in [0.2, 0.25) is 0 Å². The normalized spacial score (nSPS) is 15.1. The topological polar surface area (TPSA) is 0 Å². The predicted octanol–water partition coefficient (Wildman–Crippen LogP) is 2.09. The van der Waals surface area contributed by atoms with Crippen molar-refractivity contribution in [2.24, 2.45) is 0 Å². The van der Waals surface area contributed by atoms with Crippen molar-refractivity contribution in [3.63, 3.8) is 0 Å². The molecule has 0 aliphatic heterocycles. The van der Waals surface area contributed by atoms with Gasteiger partial charge < -0.3 is 0 Å². The zero-order valence-electron chi connectivity index (χ0n) is 5.99. The van der Waals surface area contributed by atoms with Crippen LogP contribution in [0.3, 0.4) is 0 Å². The largest absolute Gasteiger partial charge is 0.247 e. The Morgan fingerprint density at radius 2 is 1.14 bits per heavy atom. The first-order chi connectivity index (χ1) is 2.94. The Morgan fingerprint density at radius 3 is 1.14 bits per heavy atom. The Morgan fingerprint density at radius 1 is 1.00 bits per heavy atom. The maximum atomic E-state index is 2.34. The molecule has 46 valence electrons. The van der Waals surface area contributed by atoms with Crippen molar-refractivity contribution >= 4 is 10.0 Å².